The Hall–Kier alpha value is -1.59. The molecule has 1 aromatic carbocycles. The van der Waals surface area contributed by atoms with Crippen molar-refractivity contribution in [1.29, 1.82) is 0 Å². The van der Waals surface area contributed by atoms with Crippen LogP contribution in [0.15, 0.2) is 18.2 Å². The first-order valence-electron chi connectivity index (χ1n) is 7.84. The number of carbonyl (C=O) groups excluding carboxylic acids is 2. The van der Waals surface area contributed by atoms with Crippen molar-refractivity contribution < 1.29 is 9.59 Å². The van der Waals surface area contributed by atoms with Gasteiger partial charge in [0, 0.05) is 12.2 Å². The predicted octanol–water partition coefficient (Wildman–Crippen LogP) is 3.04. The second kappa shape index (κ2) is 8.89. The van der Waals surface area contributed by atoms with Gasteiger partial charge in [0.1, 0.15) is 0 Å². The zero-order valence-corrected chi connectivity index (χ0v) is 14.9. The fourth-order valence-electron chi connectivity index (χ4n) is 2.02. The van der Waals surface area contributed by atoms with Crippen LogP contribution in [-0.2, 0) is 4.79 Å². The average molecular weight is 340 g/mol. The summed E-state index contributed by atoms with van der Waals surface area (Å²) in [4.78, 5) is 24.0. The van der Waals surface area contributed by atoms with Gasteiger partial charge in [0.15, 0.2) is 0 Å². The molecule has 5 nitrogen and oxygen atoms in total. The van der Waals surface area contributed by atoms with Gasteiger partial charge in [-0.1, -0.05) is 39.3 Å². The summed E-state index contributed by atoms with van der Waals surface area (Å²) in [5.41, 5.74) is 6.75. The quantitative estimate of drug-likeness (QED) is 0.713. The standard InChI is InChI=1S/C17H26ClN3O2/c1-10(2)7-15(19)17(23)21-12-5-6-13(14(18)8-12)16(22)20-9-11(3)4/h5-6,8,10-11,15H,7,9,19H2,1-4H3,(H,20,22)(H,21,23)/t15-/m0/s1. The van der Waals surface area contributed by atoms with Crippen LogP contribution >= 0.6 is 11.6 Å². The highest BCUT2D eigenvalue weighted by Gasteiger charge is 2.16. The summed E-state index contributed by atoms with van der Waals surface area (Å²) in [6.45, 7) is 8.63. The van der Waals surface area contributed by atoms with Crippen molar-refractivity contribution in [3.05, 3.63) is 28.8 Å². The monoisotopic (exact) mass is 339 g/mol. The van der Waals surface area contributed by atoms with E-state index in [2.05, 4.69) is 10.6 Å². The summed E-state index contributed by atoms with van der Waals surface area (Å²) < 4.78 is 0. The molecular formula is C17H26ClN3O2. The van der Waals surface area contributed by atoms with E-state index in [0.717, 1.165) is 0 Å². The lowest BCUT2D eigenvalue weighted by molar-refractivity contribution is -0.117. The third-order valence-corrected chi connectivity index (χ3v) is 3.53. The first-order valence-corrected chi connectivity index (χ1v) is 8.22. The van der Waals surface area contributed by atoms with E-state index < -0.39 is 6.04 Å². The highest BCUT2D eigenvalue weighted by molar-refractivity contribution is 6.34. The van der Waals surface area contributed by atoms with Crippen molar-refractivity contribution in [3.8, 4) is 0 Å². The van der Waals surface area contributed by atoms with Crippen LogP contribution in [0.4, 0.5) is 5.69 Å². The molecule has 0 fully saturated rings. The zero-order valence-electron chi connectivity index (χ0n) is 14.2. The number of benzene rings is 1. The smallest absolute Gasteiger partial charge is 0.252 e. The maximum Gasteiger partial charge on any atom is 0.252 e. The Kier molecular flexibility index (Phi) is 7.52. The lowest BCUT2D eigenvalue weighted by atomic mass is 10.0. The van der Waals surface area contributed by atoms with E-state index in [-0.39, 0.29) is 11.8 Å². The first kappa shape index (κ1) is 19.5. The molecule has 0 heterocycles. The molecule has 23 heavy (non-hydrogen) atoms. The molecule has 0 saturated carbocycles. The van der Waals surface area contributed by atoms with Crippen LogP contribution in [0.5, 0.6) is 0 Å². The molecule has 0 spiro atoms. The second-order valence-electron chi connectivity index (χ2n) is 6.52. The van der Waals surface area contributed by atoms with Crippen LogP contribution in [0, 0.1) is 11.8 Å². The van der Waals surface area contributed by atoms with Crippen molar-refractivity contribution in [2.75, 3.05) is 11.9 Å². The molecule has 1 rings (SSSR count). The molecule has 0 bridgehead atoms. The Morgan fingerprint density at radius 3 is 2.35 bits per heavy atom. The minimum Gasteiger partial charge on any atom is -0.352 e. The summed E-state index contributed by atoms with van der Waals surface area (Å²) in [7, 11) is 0. The molecule has 0 radical (unpaired) electrons. The van der Waals surface area contributed by atoms with E-state index in [1.165, 1.54) is 0 Å². The Bertz CT molecular complexity index is 559. The lowest BCUT2D eigenvalue weighted by Gasteiger charge is -2.15. The van der Waals surface area contributed by atoms with E-state index in [1.807, 2.05) is 27.7 Å². The molecule has 1 aromatic rings. The van der Waals surface area contributed by atoms with Crippen LogP contribution in [-0.4, -0.2) is 24.4 Å². The molecule has 2 amide bonds. The molecule has 0 unspecified atom stereocenters. The van der Waals surface area contributed by atoms with Crippen LogP contribution in [0.3, 0.4) is 0 Å². The number of rotatable bonds is 7. The van der Waals surface area contributed by atoms with Crippen molar-refractivity contribution in [2.24, 2.45) is 17.6 Å². The molecule has 0 aliphatic heterocycles. The van der Waals surface area contributed by atoms with E-state index in [9.17, 15) is 9.59 Å². The molecule has 0 aromatic heterocycles. The van der Waals surface area contributed by atoms with E-state index in [4.69, 9.17) is 17.3 Å². The van der Waals surface area contributed by atoms with Gasteiger partial charge in [0.2, 0.25) is 5.91 Å². The number of nitrogens with one attached hydrogen (secondary N) is 2. The van der Waals surface area contributed by atoms with Crippen LogP contribution in [0.1, 0.15) is 44.5 Å². The van der Waals surface area contributed by atoms with E-state index in [1.54, 1.807) is 18.2 Å². The summed E-state index contributed by atoms with van der Waals surface area (Å²) in [6.07, 6.45) is 0.606. The van der Waals surface area contributed by atoms with E-state index >= 15 is 0 Å². The number of hydrogen-bond donors (Lipinski definition) is 3. The molecule has 4 N–H and O–H groups in total. The normalized spacial score (nSPS) is 12.3. The van der Waals surface area contributed by atoms with Gasteiger partial charge < -0.3 is 16.4 Å². The van der Waals surface area contributed by atoms with Crippen molar-refractivity contribution >= 4 is 29.1 Å². The number of nitrogens with two attached hydrogens (primary N) is 1. The molecular weight excluding hydrogens is 314 g/mol. The predicted molar refractivity (Wildman–Crippen MR) is 94.7 cm³/mol. The Morgan fingerprint density at radius 1 is 1.17 bits per heavy atom. The fourth-order valence-corrected chi connectivity index (χ4v) is 2.29. The number of anilines is 1. The Labute approximate surface area is 143 Å². The van der Waals surface area contributed by atoms with Gasteiger partial charge in [0.25, 0.3) is 5.91 Å². The Balaban J connectivity index is 2.72. The maximum absolute atomic E-state index is 12.0. The molecule has 0 saturated heterocycles. The summed E-state index contributed by atoms with van der Waals surface area (Å²) in [5, 5.41) is 5.83. The number of amides is 2. The number of halogens is 1. The van der Waals surface area contributed by atoms with Crippen molar-refractivity contribution in [1.82, 2.24) is 5.32 Å². The van der Waals surface area contributed by atoms with Crippen LogP contribution in [0.25, 0.3) is 0 Å². The topological polar surface area (TPSA) is 84.2 Å². The van der Waals surface area contributed by atoms with Crippen LogP contribution < -0.4 is 16.4 Å². The van der Waals surface area contributed by atoms with Gasteiger partial charge in [-0.05, 0) is 36.5 Å². The molecule has 1 atom stereocenters. The average Bonchev–Trinajstić information content (AvgIpc) is 2.44. The van der Waals surface area contributed by atoms with Gasteiger partial charge in [-0.15, -0.1) is 0 Å². The maximum atomic E-state index is 12.0. The van der Waals surface area contributed by atoms with Gasteiger partial charge in [-0.25, -0.2) is 0 Å². The number of carbonyl (C=O) groups is 2. The van der Waals surface area contributed by atoms with Gasteiger partial charge >= 0.3 is 0 Å². The number of hydrogen-bond acceptors (Lipinski definition) is 3. The summed E-state index contributed by atoms with van der Waals surface area (Å²) in [5.74, 6) is 0.218. The van der Waals surface area contributed by atoms with Crippen molar-refractivity contribution in [2.45, 2.75) is 40.2 Å². The lowest BCUT2D eigenvalue weighted by Crippen LogP contribution is -2.36. The second-order valence-corrected chi connectivity index (χ2v) is 6.93. The van der Waals surface area contributed by atoms with Crippen molar-refractivity contribution in [3.63, 3.8) is 0 Å². The largest absolute Gasteiger partial charge is 0.352 e. The Morgan fingerprint density at radius 2 is 1.83 bits per heavy atom. The third-order valence-electron chi connectivity index (χ3n) is 3.21. The summed E-state index contributed by atoms with van der Waals surface area (Å²) >= 11 is 6.14. The van der Waals surface area contributed by atoms with E-state index in [0.29, 0.717) is 41.1 Å². The summed E-state index contributed by atoms with van der Waals surface area (Å²) in [6, 6.07) is 4.24. The highest BCUT2D eigenvalue weighted by atomic mass is 35.5. The minimum absolute atomic E-state index is 0.224. The first-order chi connectivity index (χ1) is 10.7. The molecule has 0 aliphatic carbocycles. The fraction of sp³-hybridized carbons (Fsp3) is 0.529. The van der Waals surface area contributed by atoms with Gasteiger partial charge in [0.05, 0.1) is 16.6 Å². The molecule has 128 valence electrons. The van der Waals surface area contributed by atoms with Gasteiger partial charge in [-0.2, -0.15) is 0 Å². The molecule has 6 heteroatoms. The van der Waals surface area contributed by atoms with Crippen LogP contribution in [0.2, 0.25) is 5.02 Å². The molecule has 0 aliphatic rings. The SMILES string of the molecule is CC(C)CNC(=O)c1ccc(NC(=O)[C@@H](N)CC(C)C)cc1Cl. The minimum atomic E-state index is -0.567. The van der Waals surface area contributed by atoms with Gasteiger partial charge in [-0.3, -0.25) is 9.59 Å². The highest BCUT2D eigenvalue weighted by Crippen LogP contribution is 2.21. The third kappa shape index (κ3) is 6.59. The zero-order chi connectivity index (χ0) is 17.6.